The molecule has 0 spiro atoms. The van der Waals surface area contributed by atoms with E-state index in [9.17, 15) is 4.79 Å². The molecule has 4 rings (SSSR count). The molecule has 0 radical (unpaired) electrons. The predicted molar refractivity (Wildman–Crippen MR) is 97.0 cm³/mol. The van der Waals surface area contributed by atoms with Crippen LogP contribution in [0.5, 0.6) is 0 Å². The SMILES string of the molecule is Cn1cc([C@@H]2C[C@@H]2C(=O)N2CCCN(Cc3ccccc3)CC2)cn1. The number of carbonyl (C=O) groups is 1. The van der Waals surface area contributed by atoms with Gasteiger partial charge in [-0.3, -0.25) is 14.4 Å². The van der Waals surface area contributed by atoms with Crippen molar-refractivity contribution in [1.82, 2.24) is 19.6 Å². The van der Waals surface area contributed by atoms with Crippen molar-refractivity contribution in [2.75, 3.05) is 26.2 Å². The lowest BCUT2D eigenvalue weighted by molar-refractivity contribution is -0.132. The molecule has 1 amide bonds. The minimum Gasteiger partial charge on any atom is -0.341 e. The summed E-state index contributed by atoms with van der Waals surface area (Å²) < 4.78 is 1.82. The third-order valence-electron chi connectivity index (χ3n) is 5.41. The van der Waals surface area contributed by atoms with Gasteiger partial charge in [-0.05, 0) is 29.9 Å². The van der Waals surface area contributed by atoms with Crippen molar-refractivity contribution in [1.29, 1.82) is 0 Å². The average molecular weight is 338 g/mol. The normalized spacial score (nSPS) is 24.1. The predicted octanol–water partition coefficient (Wildman–Crippen LogP) is 2.26. The summed E-state index contributed by atoms with van der Waals surface area (Å²) in [4.78, 5) is 17.4. The summed E-state index contributed by atoms with van der Waals surface area (Å²) >= 11 is 0. The van der Waals surface area contributed by atoms with Gasteiger partial charge in [0, 0.05) is 51.9 Å². The van der Waals surface area contributed by atoms with Crippen molar-refractivity contribution in [2.24, 2.45) is 13.0 Å². The monoisotopic (exact) mass is 338 g/mol. The minimum atomic E-state index is 0.171. The Morgan fingerprint density at radius 1 is 1.16 bits per heavy atom. The van der Waals surface area contributed by atoms with Gasteiger partial charge >= 0.3 is 0 Å². The number of hydrogen-bond acceptors (Lipinski definition) is 3. The molecule has 1 saturated heterocycles. The lowest BCUT2D eigenvalue weighted by Crippen LogP contribution is -2.36. The van der Waals surface area contributed by atoms with Crippen molar-refractivity contribution in [3.63, 3.8) is 0 Å². The zero-order valence-electron chi connectivity index (χ0n) is 14.8. The second-order valence-electron chi connectivity index (χ2n) is 7.34. The molecule has 0 unspecified atom stereocenters. The Bertz CT molecular complexity index is 726. The summed E-state index contributed by atoms with van der Waals surface area (Å²) in [5, 5.41) is 4.23. The number of nitrogens with zero attached hydrogens (tertiary/aromatic N) is 4. The summed E-state index contributed by atoms with van der Waals surface area (Å²) in [7, 11) is 1.93. The number of aromatic nitrogens is 2. The Morgan fingerprint density at radius 2 is 2.00 bits per heavy atom. The molecule has 1 aliphatic carbocycles. The molecule has 0 bridgehead atoms. The van der Waals surface area contributed by atoms with Gasteiger partial charge in [0.05, 0.1) is 6.20 Å². The van der Waals surface area contributed by atoms with E-state index < -0.39 is 0 Å². The molecule has 1 aliphatic heterocycles. The number of benzene rings is 1. The zero-order chi connectivity index (χ0) is 17.2. The molecule has 2 aliphatic rings. The number of hydrogen-bond donors (Lipinski definition) is 0. The van der Waals surface area contributed by atoms with Crippen LogP contribution in [0.15, 0.2) is 42.7 Å². The van der Waals surface area contributed by atoms with E-state index >= 15 is 0 Å². The number of rotatable bonds is 4. The average Bonchev–Trinajstić information content (AvgIpc) is 3.36. The van der Waals surface area contributed by atoms with Gasteiger partial charge in [-0.1, -0.05) is 30.3 Å². The molecule has 2 heterocycles. The van der Waals surface area contributed by atoms with E-state index in [-0.39, 0.29) is 5.92 Å². The third kappa shape index (κ3) is 3.76. The number of aryl methyl sites for hydroxylation is 1. The van der Waals surface area contributed by atoms with Gasteiger partial charge in [-0.25, -0.2) is 0 Å². The second kappa shape index (κ2) is 7.00. The van der Waals surface area contributed by atoms with Crippen molar-refractivity contribution >= 4 is 5.91 Å². The van der Waals surface area contributed by atoms with Gasteiger partial charge in [0.15, 0.2) is 0 Å². The van der Waals surface area contributed by atoms with Crippen LogP contribution in [-0.2, 0) is 18.4 Å². The fourth-order valence-corrected chi connectivity index (χ4v) is 3.89. The smallest absolute Gasteiger partial charge is 0.226 e. The highest BCUT2D eigenvalue weighted by molar-refractivity contribution is 5.83. The summed E-state index contributed by atoms with van der Waals surface area (Å²) in [6, 6.07) is 10.6. The molecular formula is C20H26N4O. The Kier molecular flexibility index (Phi) is 4.57. The summed E-state index contributed by atoms with van der Waals surface area (Å²) in [5.74, 6) is 0.894. The van der Waals surface area contributed by atoms with E-state index in [1.165, 1.54) is 11.1 Å². The molecule has 25 heavy (non-hydrogen) atoms. The summed E-state index contributed by atoms with van der Waals surface area (Å²) in [6.07, 6.45) is 5.99. The third-order valence-corrected chi connectivity index (χ3v) is 5.41. The van der Waals surface area contributed by atoms with Crippen LogP contribution >= 0.6 is 0 Å². The van der Waals surface area contributed by atoms with E-state index in [2.05, 4.69) is 45.2 Å². The highest BCUT2D eigenvalue weighted by Crippen LogP contribution is 2.48. The number of amides is 1. The highest BCUT2D eigenvalue weighted by atomic mass is 16.2. The maximum atomic E-state index is 12.8. The standard InChI is InChI=1S/C20H26N4O/c1-22-15-17(13-21-22)18-12-19(18)20(25)24-9-5-8-23(10-11-24)14-16-6-3-2-4-7-16/h2-4,6-7,13,15,18-19H,5,8-12,14H2,1H3/t18-,19-/m0/s1. The molecule has 2 fully saturated rings. The second-order valence-corrected chi connectivity index (χ2v) is 7.34. The van der Waals surface area contributed by atoms with E-state index in [4.69, 9.17) is 0 Å². The van der Waals surface area contributed by atoms with E-state index in [0.717, 1.165) is 45.6 Å². The molecule has 1 saturated carbocycles. The van der Waals surface area contributed by atoms with Gasteiger partial charge in [-0.2, -0.15) is 5.10 Å². The Hall–Kier alpha value is -2.14. The van der Waals surface area contributed by atoms with Crippen molar-refractivity contribution in [3.8, 4) is 0 Å². The van der Waals surface area contributed by atoms with Crippen molar-refractivity contribution < 1.29 is 4.79 Å². The first kappa shape index (κ1) is 16.3. The first-order valence-corrected chi connectivity index (χ1v) is 9.24. The molecule has 2 aromatic rings. The first-order valence-electron chi connectivity index (χ1n) is 9.24. The highest BCUT2D eigenvalue weighted by Gasteiger charge is 2.46. The quantitative estimate of drug-likeness (QED) is 0.859. The fraction of sp³-hybridized carbons (Fsp3) is 0.500. The molecule has 5 heteroatoms. The zero-order valence-corrected chi connectivity index (χ0v) is 14.8. The molecule has 132 valence electrons. The first-order chi connectivity index (χ1) is 12.2. The molecule has 1 aromatic carbocycles. The van der Waals surface area contributed by atoms with Gasteiger partial charge in [0.25, 0.3) is 0 Å². The van der Waals surface area contributed by atoms with E-state index in [1.807, 2.05) is 24.1 Å². The minimum absolute atomic E-state index is 0.171. The molecule has 5 nitrogen and oxygen atoms in total. The Morgan fingerprint density at radius 3 is 2.76 bits per heavy atom. The van der Waals surface area contributed by atoms with Crippen LogP contribution in [0.4, 0.5) is 0 Å². The van der Waals surface area contributed by atoms with Crippen LogP contribution in [0.3, 0.4) is 0 Å². The maximum absolute atomic E-state index is 12.8. The lowest BCUT2D eigenvalue weighted by Gasteiger charge is -2.22. The fourth-order valence-electron chi connectivity index (χ4n) is 3.89. The molecule has 2 atom stereocenters. The van der Waals surface area contributed by atoms with Crippen LogP contribution < -0.4 is 0 Å². The van der Waals surface area contributed by atoms with Gasteiger partial charge in [-0.15, -0.1) is 0 Å². The number of carbonyl (C=O) groups excluding carboxylic acids is 1. The Balaban J connectivity index is 1.31. The summed E-state index contributed by atoms with van der Waals surface area (Å²) in [5.41, 5.74) is 2.56. The topological polar surface area (TPSA) is 41.4 Å². The van der Waals surface area contributed by atoms with Crippen LogP contribution in [0, 0.1) is 5.92 Å². The maximum Gasteiger partial charge on any atom is 0.226 e. The lowest BCUT2D eigenvalue weighted by atomic mass is 10.2. The van der Waals surface area contributed by atoms with Crippen LogP contribution in [0.1, 0.15) is 29.9 Å². The van der Waals surface area contributed by atoms with Crippen LogP contribution in [-0.4, -0.2) is 51.7 Å². The van der Waals surface area contributed by atoms with Crippen LogP contribution in [0.2, 0.25) is 0 Å². The van der Waals surface area contributed by atoms with Crippen LogP contribution in [0.25, 0.3) is 0 Å². The van der Waals surface area contributed by atoms with Gasteiger partial charge in [0.1, 0.15) is 0 Å². The van der Waals surface area contributed by atoms with Crippen molar-refractivity contribution in [2.45, 2.75) is 25.3 Å². The van der Waals surface area contributed by atoms with Crippen molar-refractivity contribution in [3.05, 3.63) is 53.9 Å². The molecule has 1 aromatic heterocycles. The van der Waals surface area contributed by atoms with Gasteiger partial charge < -0.3 is 4.90 Å². The Labute approximate surface area is 149 Å². The largest absolute Gasteiger partial charge is 0.341 e. The van der Waals surface area contributed by atoms with E-state index in [0.29, 0.717) is 11.8 Å². The molecule has 0 N–H and O–H groups in total. The van der Waals surface area contributed by atoms with Gasteiger partial charge in [0.2, 0.25) is 5.91 Å². The summed E-state index contributed by atoms with van der Waals surface area (Å²) in [6.45, 7) is 4.74. The van der Waals surface area contributed by atoms with E-state index in [1.54, 1.807) is 0 Å². The molecular weight excluding hydrogens is 312 g/mol.